The Bertz CT molecular complexity index is 912. The molecule has 0 saturated carbocycles. The number of hydrogen-bond donors (Lipinski definition) is 2. The van der Waals surface area contributed by atoms with Gasteiger partial charge < -0.3 is 15.6 Å². The smallest absolute Gasteiger partial charge is 0.320 e. The van der Waals surface area contributed by atoms with E-state index in [1.54, 1.807) is 0 Å². The van der Waals surface area contributed by atoms with Gasteiger partial charge >= 0.3 is 11.9 Å². The molecule has 0 saturated heterocycles. The minimum Gasteiger partial charge on any atom is -0.481 e. The number of carbonyl (C=O) groups is 2. The fraction of sp³-hybridized carbons (Fsp3) is 0.548. The van der Waals surface area contributed by atoms with Crippen molar-refractivity contribution in [2.75, 3.05) is 13.2 Å². The van der Waals surface area contributed by atoms with Crippen molar-refractivity contribution in [3.8, 4) is 11.1 Å². The third-order valence-electron chi connectivity index (χ3n) is 7.38. The molecule has 5 nitrogen and oxygen atoms in total. The third-order valence-corrected chi connectivity index (χ3v) is 7.38. The Hall–Kier alpha value is -2.66. The molecular weight excluding hydrogens is 450 g/mol. The molecule has 0 fully saturated rings. The SMILES string of the molecule is NCCCCCCCCCCCCCCC(C(=O)O)C(=O)OCC1c2ccccc2-c2ccccc21. The molecule has 36 heavy (non-hydrogen) atoms. The topological polar surface area (TPSA) is 89.6 Å². The lowest BCUT2D eigenvalue weighted by molar-refractivity contribution is -0.159. The zero-order valence-electron chi connectivity index (χ0n) is 21.6. The minimum absolute atomic E-state index is 0.0539. The molecule has 1 aliphatic carbocycles. The van der Waals surface area contributed by atoms with Crippen molar-refractivity contribution in [1.29, 1.82) is 0 Å². The van der Waals surface area contributed by atoms with Crippen LogP contribution >= 0.6 is 0 Å². The largest absolute Gasteiger partial charge is 0.481 e. The van der Waals surface area contributed by atoms with Crippen LogP contribution in [0.4, 0.5) is 0 Å². The monoisotopic (exact) mass is 493 g/mol. The highest BCUT2D eigenvalue weighted by Crippen LogP contribution is 2.44. The van der Waals surface area contributed by atoms with E-state index in [0.29, 0.717) is 6.42 Å². The summed E-state index contributed by atoms with van der Waals surface area (Å²) in [6, 6.07) is 16.3. The number of fused-ring (bicyclic) bond motifs is 3. The van der Waals surface area contributed by atoms with Gasteiger partial charge in [0.1, 0.15) is 6.61 Å². The van der Waals surface area contributed by atoms with E-state index < -0.39 is 17.9 Å². The van der Waals surface area contributed by atoms with E-state index in [-0.39, 0.29) is 12.5 Å². The highest BCUT2D eigenvalue weighted by Gasteiger charge is 2.32. The van der Waals surface area contributed by atoms with Crippen molar-refractivity contribution in [2.24, 2.45) is 11.7 Å². The van der Waals surface area contributed by atoms with Crippen LogP contribution in [0.1, 0.15) is 101 Å². The number of unbranched alkanes of at least 4 members (excludes halogenated alkanes) is 11. The maximum absolute atomic E-state index is 12.7. The lowest BCUT2D eigenvalue weighted by Crippen LogP contribution is -2.27. The average molecular weight is 494 g/mol. The maximum atomic E-state index is 12.7. The molecule has 0 aliphatic heterocycles. The predicted molar refractivity (Wildman–Crippen MR) is 145 cm³/mol. The van der Waals surface area contributed by atoms with Crippen LogP contribution in [0.15, 0.2) is 48.5 Å². The van der Waals surface area contributed by atoms with Gasteiger partial charge in [0, 0.05) is 5.92 Å². The van der Waals surface area contributed by atoms with Crippen LogP contribution in [0.25, 0.3) is 11.1 Å². The Morgan fingerprint density at radius 1 is 0.722 bits per heavy atom. The number of carboxylic acids is 1. The van der Waals surface area contributed by atoms with E-state index in [0.717, 1.165) is 54.5 Å². The maximum Gasteiger partial charge on any atom is 0.320 e. The molecule has 2 aromatic rings. The first-order valence-electron chi connectivity index (χ1n) is 13.9. The molecule has 0 radical (unpaired) electrons. The van der Waals surface area contributed by atoms with Crippen molar-refractivity contribution in [3.05, 3.63) is 59.7 Å². The number of aliphatic carboxylic acids is 1. The minimum atomic E-state index is -1.09. The van der Waals surface area contributed by atoms with Crippen molar-refractivity contribution in [2.45, 2.75) is 89.4 Å². The second kappa shape index (κ2) is 15.5. The summed E-state index contributed by atoms with van der Waals surface area (Å²) in [5.41, 5.74) is 10.1. The summed E-state index contributed by atoms with van der Waals surface area (Å²) < 4.78 is 5.60. The lowest BCUT2D eigenvalue weighted by Gasteiger charge is -2.17. The van der Waals surface area contributed by atoms with Crippen molar-refractivity contribution in [3.63, 3.8) is 0 Å². The van der Waals surface area contributed by atoms with Gasteiger partial charge in [-0.05, 0) is 41.6 Å². The lowest BCUT2D eigenvalue weighted by atomic mass is 9.97. The Morgan fingerprint density at radius 2 is 1.17 bits per heavy atom. The first kappa shape index (κ1) is 27.9. The van der Waals surface area contributed by atoms with Gasteiger partial charge in [0.2, 0.25) is 0 Å². The second-order valence-electron chi connectivity index (χ2n) is 10.1. The summed E-state index contributed by atoms with van der Waals surface area (Å²) in [4.78, 5) is 24.5. The van der Waals surface area contributed by atoms with Crippen molar-refractivity contribution in [1.82, 2.24) is 0 Å². The van der Waals surface area contributed by atoms with Crippen LogP contribution in [0.5, 0.6) is 0 Å². The summed E-state index contributed by atoms with van der Waals surface area (Å²) in [6.07, 6.45) is 14.4. The fourth-order valence-electron chi connectivity index (χ4n) is 5.31. The number of nitrogens with two attached hydrogens (primary N) is 1. The molecule has 1 unspecified atom stereocenters. The van der Waals surface area contributed by atoms with Crippen LogP contribution in [0, 0.1) is 5.92 Å². The van der Waals surface area contributed by atoms with Gasteiger partial charge in [-0.3, -0.25) is 9.59 Å². The van der Waals surface area contributed by atoms with Gasteiger partial charge in [-0.15, -0.1) is 0 Å². The van der Waals surface area contributed by atoms with E-state index in [1.807, 2.05) is 24.3 Å². The number of benzene rings is 2. The van der Waals surface area contributed by atoms with Gasteiger partial charge in [-0.2, -0.15) is 0 Å². The molecule has 1 aliphatic rings. The fourth-order valence-corrected chi connectivity index (χ4v) is 5.31. The summed E-state index contributed by atoms with van der Waals surface area (Å²) >= 11 is 0. The molecule has 5 heteroatoms. The molecule has 3 N–H and O–H groups in total. The summed E-state index contributed by atoms with van der Waals surface area (Å²) in [5, 5.41) is 9.64. The Labute approximate surface area is 216 Å². The molecule has 0 bridgehead atoms. The van der Waals surface area contributed by atoms with Crippen LogP contribution in [0.2, 0.25) is 0 Å². The number of carbonyl (C=O) groups excluding carboxylic acids is 1. The second-order valence-corrected chi connectivity index (χ2v) is 10.1. The standard InChI is InChI=1S/C31H43NO4/c32-22-16-10-8-6-4-2-1-3-5-7-9-11-21-28(30(33)34)31(35)36-23-29-26-19-14-12-17-24(26)25-18-13-15-20-27(25)29/h12-15,17-20,28-29H,1-11,16,21-23,32H2,(H,33,34). The molecule has 0 heterocycles. The highest BCUT2D eigenvalue weighted by molar-refractivity contribution is 5.94. The normalized spacial score (nSPS) is 13.2. The number of hydrogen-bond acceptors (Lipinski definition) is 4. The highest BCUT2D eigenvalue weighted by atomic mass is 16.5. The van der Waals surface area contributed by atoms with Crippen LogP contribution in [-0.2, 0) is 14.3 Å². The molecular formula is C31H43NO4. The van der Waals surface area contributed by atoms with Gasteiger partial charge in [-0.25, -0.2) is 0 Å². The van der Waals surface area contributed by atoms with E-state index in [4.69, 9.17) is 10.5 Å². The molecule has 3 rings (SSSR count). The first-order chi connectivity index (χ1) is 17.6. The van der Waals surface area contributed by atoms with Crippen LogP contribution in [-0.4, -0.2) is 30.2 Å². The van der Waals surface area contributed by atoms with E-state index >= 15 is 0 Å². The molecule has 0 aromatic heterocycles. The van der Waals surface area contributed by atoms with Crippen LogP contribution in [0.3, 0.4) is 0 Å². The van der Waals surface area contributed by atoms with Gasteiger partial charge in [0.15, 0.2) is 5.92 Å². The Balaban J connectivity index is 1.33. The molecule has 196 valence electrons. The molecule has 0 spiro atoms. The van der Waals surface area contributed by atoms with E-state index in [2.05, 4.69) is 24.3 Å². The zero-order chi connectivity index (χ0) is 25.6. The Kier molecular flexibility index (Phi) is 12.0. The van der Waals surface area contributed by atoms with Gasteiger partial charge in [0.25, 0.3) is 0 Å². The van der Waals surface area contributed by atoms with E-state index in [1.165, 1.54) is 51.4 Å². The summed E-state index contributed by atoms with van der Waals surface area (Å²) in [7, 11) is 0. The number of ether oxygens (including phenoxy) is 1. The summed E-state index contributed by atoms with van der Waals surface area (Å²) in [5.74, 6) is -2.84. The first-order valence-corrected chi connectivity index (χ1v) is 13.9. The average Bonchev–Trinajstić information content (AvgIpc) is 3.21. The third kappa shape index (κ3) is 8.19. The zero-order valence-corrected chi connectivity index (χ0v) is 21.6. The predicted octanol–water partition coefficient (Wildman–Crippen LogP) is 7.07. The van der Waals surface area contributed by atoms with Gasteiger partial charge in [-0.1, -0.05) is 119 Å². The van der Waals surface area contributed by atoms with Crippen LogP contribution < -0.4 is 5.73 Å². The number of carboxylic acid groups (broad SMARTS) is 1. The number of esters is 1. The quantitative estimate of drug-likeness (QED) is 0.132. The van der Waals surface area contributed by atoms with Gasteiger partial charge in [0.05, 0.1) is 0 Å². The molecule has 2 aromatic carbocycles. The Morgan fingerprint density at radius 3 is 1.64 bits per heavy atom. The summed E-state index contributed by atoms with van der Waals surface area (Å²) in [6.45, 7) is 0.975. The van der Waals surface area contributed by atoms with Crippen molar-refractivity contribution >= 4 is 11.9 Å². The van der Waals surface area contributed by atoms with Crippen molar-refractivity contribution < 1.29 is 19.4 Å². The number of rotatable bonds is 18. The molecule has 0 amide bonds. The van der Waals surface area contributed by atoms with E-state index in [9.17, 15) is 14.7 Å². The molecule has 1 atom stereocenters.